The van der Waals surface area contributed by atoms with Crippen molar-refractivity contribution in [1.82, 2.24) is 5.32 Å². The molecule has 14 heavy (non-hydrogen) atoms. The van der Waals surface area contributed by atoms with E-state index in [1.54, 1.807) is 0 Å². The highest BCUT2D eigenvalue weighted by Gasteiger charge is 2.17. The van der Waals surface area contributed by atoms with Gasteiger partial charge in [0.25, 0.3) is 0 Å². The van der Waals surface area contributed by atoms with Crippen molar-refractivity contribution in [3.8, 4) is 0 Å². The van der Waals surface area contributed by atoms with E-state index in [1.807, 2.05) is 0 Å². The Hall–Kier alpha value is 0.660. The quantitative estimate of drug-likeness (QED) is 0.799. The predicted octanol–water partition coefficient (Wildman–Crippen LogP) is 2.61. The lowest BCUT2D eigenvalue weighted by molar-refractivity contribution is 0.509. The van der Waals surface area contributed by atoms with Crippen LogP contribution in [0.1, 0.15) is 25.7 Å². The molecule has 2 atom stereocenters. The number of nitrogens with one attached hydrogen (secondary N) is 1. The van der Waals surface area contributed by atoms with Gasteiger partial charge in [-0.25, -0.2) is 0 Å². The maximum absolute atomic E-state index is 3.66. The van der Waals surface area contributed by atoms with E-state index in [0.717, 1.165) is 11.2 Å². The summed E-state index contributed by atoms with van der Waals surface area (Å²) in [6.45, 7) is 2.52. The van der Waals surface area contributed by atoms with Gasteiger partial charge in [0.05, 0.1) is 0 Å². The molecule has 0 spiro atoms. The molecule has 1 N–H and O–H groups in total. The van der Waals surface area contributed by atoms with Crippen molar-refractivity contribution in [3.63, 3.8) is 0 Å². The zero-order valence-electron chi connectivity index (χ0n) is 8.84. The second-order valence-corrected chi connectivity index (χ2v) is 6.93. The largest absolute Gasteiger partial charge is 0.315 e. The van der Waals surface area contributed by atoms with Crippen LogP contribution in [0, 0.1) is 5.92 Å². The van der Waals surface area contributed by atoms with Gasteiger partial charge in [-0.3, -0.25) is 0 Å². The lowest BCUT2D eigenvalue weighted by atomic mass is 10.1. The molecular formula is C11H21NS2. The van der Waals surface area contributed by atoms with Gasteiger partial charge in [-0.2, -0.15) is 23.5 Å². The molecule has 0 saturated carbocycles. The number of rotatable bonds is 4. The number of thioether (sulfide) groups is 2. The van der Waals surface area contributed by atoms with Gasteiger partial charge in [0, 0.05) is 11.8 Å². The summed E-state index contributed by atoms with van der Waals surface area (Å²) in [6, 6.07) is 0. The molecule has 1 nitrogen and oxygen atoms in total. The molecule has 3 heteroatoms. The first-order valence-corrected chi connectivity index (χ1v) is 8.05. The molecule has 0 aromatic heterocycles. The van der Waals surface area contributed by atoms with E-state index >= 15 is 0 Å². The van der Waals surface area contributed by atoms with E-state index in [0.29, 0.717) is 0 Å². The van der Waals surface area contributed by atoms with Crippen LogP contribution in [0.2, 0.25) is 0 Å². The molecule has 2 heterocycles. The minimum Gasteiger partial charge on any atom is -0.315 e. The Kier molecular flexibility index (Phi) is 5.01. The molecule has 0 radical (unpaired) electrons. The summed E-state index contributed by atoms with van der Waals surface area (Å²) in [6.07, 6.45) is 5.78. The maximum atomic E-state index is 3.66. The van der Waals surface area contributed by atoms with Gasteiger partial charge in [-0.15, -0.1) is 0 Å². The Labute approximate surface area is 96.2 Å². The lowest BCUT2D eigenvalue weighted by Gasteiger charge is -2.22. The van der Waals surface area contributed by atoms with E-state index < -0.39 is 0 Å². The van der Waals surface area contributed by atoms with Crippen LogP contribution in [0.15, 0.2) is 0 Å². The van der Waals surface area contributed by atoms with Crippen LogP contribution in [-0.2, 0) is 0 Å². The first kappa shape index (κ1) is 11.2. The summed E-state index contributed by atoms with van der Waals surface area (Å²) >= 11 is 4.30. The molecular weight excluding hydrogens is 210 g/mol. The Morgan fingerprint density at radius 3 is 2.79 bits per heavy atom. The Morgan fingerprint density at radius 2 is 2.07 bits per heavy atom. The van der Waals surface area contributed by atoms with Crippen LogP contribution < -0.4 is 5.32 Å². The number of hydrogen-bond donors (Lipinski definition) is 1. The third-order valence-corrected chi connectivity index (χ3v) is 5.73. The molecule has 0 bridgehead atoms. The first-order chi connectivity index (χ1) is 6.95. The Bertz CT molecular complexity index is 151. The molecule has 0 aromatic carbocycles. The minimum absolute atomic E-state index is 0.915. The highest BCUT2D eigenvalue weighted by atomic mass is 32.2. The Morgan fingerprint density at radius 1 is 1.07 bits per heavy atom. The highest BCUT2D eigenvalue weighted by Crippen LogP contribution is 2.25. The topological polar surface area (TPSA) is 12.0 Å². The second-order valence-electron chi connectivity index (χ2n) is 4.38. The van der Waals surface area contributed by atoms with E-state index in [2.05, 4.69) is 28.8 Å². The summed E-state index contributed by atoms with van der Waals surface area (Å²) in [5.41, 5.74) is 0. The van der Waals surface area contributed by atoms with Gasteiger partial charge in [0.1, 0.15) is 0 Å². The van der Waals surface area contributed by atoms with Gasteiger partial charge < -0.3 is 5.32 Å². The third-order valence-electron chi connectivity index (χ3n) is 3.10. The van der Waals surface area contributed by atoms with E-state index in [4.69, 9.17) is 0 Å². The fourth-order valence-corrected chi connectivity index (χ4v) is 4.72. The van der Waals surface area contributed by atoms with Crippen molar-refractivity contribution in [3.05, 3.63) is 0 Å². The molecule has 82 valence electrons. The summed E-state index contributed by atoms with van der Waals surface area (Å²) in [5, 5.41) is 4.58. The SMILES string of the molecule is C1CCC(CNCC2CCSC2)SC1. The second kappa shape index (κ2) is 6.29. The molecule has 0 aromatic rings. The van der Waals surface area contributed by atoms with Gasteiger partial charge in [0.15, 0.2) is 0 Å². The summed E-state index contributed by atoms with van der Waals surface area (Å²) in [7, 11) is 0. The van der Waals surface area contributed by atoms with E-state index in [1.165, 1.54) is 56.0 Å². The van der Waals surface area contributed by atoms with Gasteiger partial charge in [0.2, 0.25) is 0 Å². The highest BCUT2D eigenvalue weighted by molar-refractivity contribution is 8.00. The summed E-state index contributed by atoms with van der Waals surface area (Å²) in [4.78, 5) is 0. The zero-order chi connectivity index (χ0) is 9.64. The van der Waals surface area contributed by atoms with Gasteiger partial charge in [-0.1, -0.05) is 6.42 Å². The zero-order valence-corrected chi connectivity index (χ0v) is 10.5. The molecule has 2 aliphatic rings. The van der Waals surface area contributed by atoms with Crippen LogP contribution in [0.4, 0.5) is 0 Å². The van der Waals surface area contributed by atoms with E-state index in [9.17, 15) is 0 Å². The number of hydrogen-bond acceptors (Lipinski definition) is 3. The monoisotopic (exact) mass is 231 g/mol. The molecule has 2 rings (SSSR count). The van der Waals surface area contributed by atoms with Crippen LogP contribution >= 0.6 is 23.5 Å². The summed E-state index contributed by atoms with van der Waals surface area (Å²) < 4.78 is 0. The van der Waals surface area contributed by atoms with Crippen molar-refractivity contribution < 1.29 is 0 Å². The fourth-order valence-electron chi connectivity index (χ4n) is 2.16. The molecule has 2 fully saturated rings. The van der Waals surface area contributed by atoms with Crippen molar-refractivity contribution in [2.45, 2.75) is 30.9 Å². The minimum atomic E-state index is 0.915. The van der Waals surface area contributed by atoms with Crippen molar-refractivity contribution in [1.29, 1.82) is 0 Å². The Balaban J connectivity index is 1.52. The molecule has 0 aliphatic carbocycles. The van der Waals surface area contributed by atoms with Crippen molar-refractivity contribution >= 4 is 23.5 Å². The van der Waals surface area contributed by atoms with Gasteiger partial charge in [-0.05, 0) is 49.0 Å². The average Bonchev–Trinajstić information content (AvgIpc) is 2.72. The van der Waals surface area contributed by atoms with Crippen LogP contribution in [0.3, 0.4) is 0 Å². The molecule has 2 unspecified atom stereocenters. The van der Waals surface area contributed by atoms with Crippen molar-refractivity contribution in [2.24, 2.45) is 5.92 Å². The standard InChI is InChI=1S/C11H21NS2/c1-2-5-14-11(3-1)8-12-7-10-4-6-13-9-10/h10-12H,1-9H2. The third kappa shape index (κ3) is 3.67. The maximum Gasteiger partial charge on any atom is 0.0172 e. The first-order valence-electron chi connectivity index (χ1n) is 5.85. The normalized spacial score (nSPS) is 33.4. The predicted molar refractivity (Wildman–Crippen MR) is 68.4 cm³/mol. The summed E-state index contributed by atoms with van der Waals surface area (Å²) in [5.74, 6) is 5.15. The van der Waals surface area contributed by atoms with Crippen molar-refractivity contribution in [2.75, 3.05) is 30.3 Å². The molecule has 2 saturated heterocycles. The van der Waals surface area contributed by atoms with Crippen LogP contribution in [0.25, 0.3) is 0 Å². The van der Waals surface area contributed by atoms with E-state index in [-0.39, 0.29) is 0 Å². The smallest absolute Gasteiger partial charge is 0.0172 e. The average molecular weight is 231 g/mol. The fraction of sp³-hybridized carbons (Fsp3) is 1.00. The van der Waals surface area contributed by atoms with Gasteiger partial charge >= 0.3 is 0 Å². The lowest BCUT2D eigenvalue weighted by Crippen LogP contribution is -2.30. The van der Waals surface area contributed by atoms with Crippen LogP contribution in [0.5, 0.6) is 0 Å². The molecule has 0 amide bonds. The van der Waals surface area contributed by atoms with Crippen LogP contribution in [-0.4, -0.2) is 35.6 Å². The molecule has 2 aliphatic heterocycles.